The molecule has 1 saturated heterocycles. The van der Waals surface area contributed by atoms with E-state index < -0.39 is 5.82 Å². The molecule has 3 heterocycles. The maximum absolute atomic E-state index is 14.5. The molecule has 1 amide bonds. The van der Waals surface area contributed by atoms with E-state index in [1.807, 2.05) is 0 Å². The van der Waals surface area contributed by atoms with Gasteiger partial charge in [0.05, 0.1) is 36.0 Å². The van der Waals surface area contributed by atoms with Crippen molar-refractivity contribution >= 4 is 16.8 Å². The van der Waals surface area contributed by atoms with Crippen LogP contribution in [0.25, 0.3) is 28.0 Å². The molecule has 0 atom stereocenters. The number of hydrogen-bond donors (Lipinski definition) is 1. The number of nitrogens with one attached hydrogen (secondary N) is 1. The van der Waals surface area contributed by atoms with Gasteiger partial charge in [0.2, 0.25) is 0 Å². The van der Waals surface area contributed by atoms with Crippen LogP contribution in [0.5, 0.6) is 5.75 Å². The van der Waals surface area contributed by atoms with E-state index in [0.29, 0.717) is 53.2 Å². The molecule has 2 aromatic carbocycles. The van der Waals surface area contributed by atoms with E-state index in [4.69, 9.17) is 14.7 Å². The summed E-state index contributed by atoms with van der Waals surface area (Å²) in [7, 11) is 1.55. The zero-order chi connectivity index (χ0) is 23.7. The highest BCUT2D eigenvalue weighted by molar-refractivity contribution is 5.95. The molecule has 2 aromatic heterocycles. The molecule has 1 N–H and O–H groups in total. The van der Waals surface area contributed by atoms with Gasteiger partial charge >= 0.3 is 0 Å². The first-order chi connectivity index (χ1) is 16.6. The smallest absolute Gasteiger partial charge is 0.253 e. The number of fused-ring (bicyclic) bond motifs is 1. The summed E-state index contributed by atoms with van der Waals surface area (Å²) in [6.07, 6.45) is 1.68. The summed E-state index contributed by atoms with van der Waals surface area (Å²) in [5.41, 5.74) is 2.76. The van der Waals surface area contributed by atoms with Gasteiger partial charge < -0.3 is 14.4 Å². The summed E-state index contributed by atoms with van der Waals surface area (Å²) < 4.78 is 26.4. The van der Waals surface area contributed by atoms with E-state index in [2.05, 4.69) is 26.6 Å². The summed E-state index contributed by atoms with van der Waals surface area (Å²) in [4.78, 5) is 14.1. The molecule has 172 valence electrons. The van der Waals surface area contributed by atoms with Crippen molar-refractivity contribution in [3.63, 3.8) is 0 Å². The van der Waals surface area contributed by atoms with E-state index in [1.54, 1.807) is 53.2 Å². The van der Waals surface area contributed by atoms with Crippen LogP contribution in [0, 0.1) is 23.1 Å². The Bertz CT molecular complexity index is 1380. The van der Waals surface area contributed by atoms with Crippen LogP contribution in [0.15, 0.2) is 42.6 Å². The summed E-state index contributed by atoms with van der Waals surface area (Å²) in [6.45, 7) is 1.51. The first kappa shape index (κ1) is 21.5. The number of rotatable bonds is 7. The number of carbonyl (C=O) groups is 1. The highest BCUT2D eigenvalue weighted by atomic mass is 19.1. The number of hydrogen-bond acceptors (Lipinski definition) is 7. The summed E-state index contributed by atoms with van der Waals surface area (Å²) in [5.74, 6) is -0.590. The largest absolute Gasteiger partial charge is 0.488 e. The minimum absolute atomic E-state index is 0.0850. The molecule has 4 aromatic rings. The number of aromatic amines is 1. The molecule has 1 aliphatic rings. The number of nitrogens with zero attached hydrogens (tertiary/aromatic N) is 6. The fourth-order valence-electron chi connectivity index (χ4n) is 3.72. The number of carbonyl (C=O) groups excluding carboxylic acids is 1. The van der Waals surface area contributed by atoms with Crippen molar-refractivity contribution in [3.05, 3.63) is 54.0 Å². The molecule has 11 heteroatoms. The Labute approximate surface area is 193 Å². The standard InChI is InChI=1S/C23H20FN7O3/c1-33-6-7-34-21-9-19-17(8-18(21)24)22(28-26-19)20-13-31(29-27-20)16-4-2-15(3-5-16)23(32)30-11-14(10-25)12-30/h2-5,8-9,13-14H,6-7,11-12H2,1H3,(H,26,28). The van der Waals surface area contributed by atoms with Crippen molar-refractivity contribution in [2.45, 2.75) is 0 Å². The van der Waals surface area contributed by atoms with Gasteiger partial charge in [0.15, 0.2) is 11.6 Å². The lowest BCUT2D eigenvalue weighted by atomic mass is 10.0. The van der Waals surface area contributed by atoms with Gasteiger partial charge in [-0.3, -0.25) is 9.89 Å². The first-order valence-electron chi connectivity index (χ1n) is 10.6. The Balaban J connectivity index is 1.34. The summed E-state index contributed by atoms with van der Waals surface area (Å²) in [6, 6.07) is 12.0. The Morgan fingerprint density at radius 3 is 2.79 bits per heavy atom. The predicted molar refractivity (Wildman–Crippen MR) is 119 cm³/mol. The second kappa shape index (κ2) is 8.92. The minimum Gasteiger partial charge on any atom is -0.488 e. The zero-order valence-electron chi connectivity index (χ0n) is 18.2. The molecule has 0 radical (unpaired) electrons. The van der Waals surface area contributed by atoms with E-state index in [9.17, 15) is 9.18 Å². The number of aromatic nitrogens is 5. The quantitative estimate of drug-likeness (QED) is 0.420. The van der Waals surface area contributed by atoms with Gasteiger partial charge in [0, 0.05) is 37.2 Å². The van der Waals surface area contributed by atoms with Crippen molar-refractivity contribution in [2.75, 3.05) is 33.4 Å². The number of halogens is 1. The molecular formula is C23H20FN7O3. The zero-order valence-corrected chi connectivity index (χ0v) is 18.2. The summed E-state index contributed by atoms with van der Waals surface area (Å²) >= 11 is 0. The fraction of sp³-hybridized carbons (Fsp3) is 0.261. The maximum atomic E-state index is 14.5. The lowest BCUT2D eigenvalue weighted by Gasteiger charge is -2.35. The number of methoxy groups -OCH3 is 1. The van der Waals surface area contributed by atoms with Gasteiger partial charge in [0.25, 0.3) is 5.91 Å². The first-order valence-corrected chi connectivity index (χ1v) is 10.6. The monoisotopic (exact) mass is 461 g/mol. The van der Waals surface area contributed by atoms with Gasteiger partial charge in [-0.1, -0.05) is 5.21 Å². The Hall–Kier alpha value is -4.30. The molecule has 34 heavy (non-hydrogen) atoms. The Kier molecular flexibility index (Phi) is 5.65. The third kappa shape index (κ3) is 3.95. The number of ether oxygens (including phenoxy) is 2. The molecule has 0 unspecified atom stereocenters. The van der Waals surface area contributed by atoms with Crippen LogP contribution in [-0.2, 0) is 4.74 Å². The molecule has 5 rings (SSSR count). The Morgan fingerprint density at radius 2 is 2.06 bits per heavy atom. The van der Waals surface area contributed by atoms with E-state index in [0.717, 1.165) is 0 Å². The third-order valence-corrected chi connectivity index (χ3v) is 5.63. The van der Waals surface area contributed by atoms with Crippen molar-refractivity contribution in [3.8, 4) is 28.9 Å². The van der Waals surface area contributed by atoms with Crippen LogP contribution < -0.4 is 4.74 Å². The number of amides is 1. The molecule has 0 saturated carbocycles. The van der Waals surface area contributed by atoms with Crippen molar-refractivity contribution < 1.29 is 18.7 Å². The van der Waals surface area contributed by atoms with Gasteiger partial charge in [-0.2, -0.15) is 10.4 Å². The van der Waals surface area contributed by atoms with Crippen molar-refractivity contribution in [1.82, 2.24) is 30.1 Å². The average molecular weight is 461 g/mol. The molecular weight excluding hydrogens is 441 g/mol. The highest BCUT2D eigenvalue weighted by Crippen LogP contribution is 2.30. The lowest BCUT2D eigenvalue weighted by Crippen LogP contribution is -2.49. The normalized spacial score (nSPS) is 13.6. The molecule has 10 nitrogen and oxygen atoms in total. The van der Waals surface area contributed by atoms with E-state index in [1.165, 1.54) is 6.07 Å². The second-order valence-corrected chi connectivity index (χ2v) is 7.87. The van der Waals surface area contributed by atoms with Crippen LogP contribution >= 0.6 is 0 Å². The molecule has 0 aliphatic carbocycles. The van der Waals surface area contributed by atoms with Crippen LogP contribution in [-0.4, -0.2) is 69.4 Å². The number of benzene rings is 2. The van der Waals surface area contributed by atoms with Gasteiger partial charge in [-0.05, 0) is 30.3 Å². The van der Waals surface area contributed by atoms with Gasteiger partial charge in [0.1, 0.15) is 18.0 Å². The van der Waals surface area contributed by atoms with Crippen LogP contribution in [0.4, 0.5) is 4.39 Å². The fourth-order valence-corrected chi connectivity index (χ4v) is 3.72. The van der Waals surface area contributed by atoms with Crippen molar-refractivity contribution in [1.29, 1.82) is 5.26 Å². The predicted octanol–water partition coefficient (Wildman–Crippen LogP) is 2.57. The lowest BCUT2D eigenvalue weighted by molar-refractivity contribution is 0.0577. The topological polar surface area (TPSA) is 122 Å². The average Bonchev–Trinajstić information content (AvgIpc) is 3.46. The second-order valence-electron chi connectivity index (χ2n) is 7.87. The van der Waals surface area contributed by atoms with E-state index >= 15 is 0 Å². The molecule has 0 spiro atoms. The molecule has 1 fully saturated rings. The SMILES string of the molecule is COCCOc1cc2[nH]nc(-c3cn(-c4ccc(C(=O)N5CC(C#N)C5)cc4)nn3)c2cc1F. The molecule has 0 bridgehead atoms. The third-order valence-electron chi connectivity index (χ3n) is 5.63. The maximum Gasteiger partial charge on any atom is 0.253 e. The van der Waals surface area contributed by atoms with Crippen LogP contribution in [0.2, 0.25) is 0 Å². The number of nitriles is 1. The number of likely N-dealkylation sites (tertiary alicyclic amines) is 1. The van der Waals surface area contributed by atoms with Crippen LogP contribution in [0.3, 0.4) is 0 Å². The Morgan fingerprint density at radius 1 is 1.26 bits per heavy atom. The summed E-state index contributed by atoms with van der Waals surface area (Å²) in [5, 5.41) is 24.9. The van der Waals surface area contributed by atoms with Gasteiger partial charge in [-0.25, -0.2) is 9.07 Å². The minimum atomic E-state index is -0.512. The van der Waals surface area contributed by atoms with E-state index in [-0.39, 0.29) is 24.2 Å². The number of H-pyrrole nitrogens is 1. The molecule has 1 aliphatic heterocycles. The van der Waals surface area contributed by atoms with Crippen LogP contribution in [0.1, 0.15) is 10.4 Å². The highest BCUT2D eigenvalue weighted by Gasteiger charge is 2.31. The van der Waals surface area contributed by atoms with Crippen molar-refractivity contribution in [2.24, 2.45) is 5.92 Å². The van der Waals surface area contributed by atoms with Gasteiger partial charge in [-0.15, -0.1) is 5.10 Å².